The molecular weight excluding hydrogens is 252 g/mol. The van der Waals surface area contributed by atoms with Crippen molar-refractivity contribution in [2.45, 2.75) is 6.92 Å². The lowest BCUT2D eigenvalue weighted by Gasteiger charge is -2.07. The van der Waals surface area contributed by atoms with Crippen molar-refractivity contribution in [2.24, 2.45) is 0 Å². The molecule has 0 saturated heterocycles. The first-order valence-corrected chi connectivity index (χ1v) is 5.54. The smallest absolute Gasteiger partial charge is 0.141 e. The van der Waals surface area contributed by atoms with Gasteiger partial charge in [-0.15, -0.1) is 0 Å². The molecule has 2 aromatic carbocycles. The van der Waals surface area contributed by atoms with Crippen molar-refractivity contribution in [3.63, 3.8) is 0 Å². The van der Waals surface area contributed by atoms with Crippen molar-refractivity contribution in [1.82, 2.24) is 0 Å². The zero-order chi connectivity index (χ0) is 10.7. The summed E-state index contributed by atoms with van der Waals surface area (Å²) in [5, 5.41) is 0. The van der Waals surface area contributed by atoms with Crippen LogP contribution in [-0.2, 0) is 0 Å². The molecular formula is C13H11BrO. The molecule has 0 aliphatic carbocycles. The van der Waals surface area contributed by atoms with E-state index in [4.69, 9.17) is 4.74 Å². The summed E-state index contributed by atoms with van der Waals surface area (Å²) in [7, 11) is 0. The zero-order valence-corrected chi connectivity index (χ0v) is 9.99. The number of rotatable bonds is 2. The quantitative estimate of drug-likeness (QED) is 0.772. The van der Waals surface area contributed by atoms with Crippen molar-refractivity contribution in [1.29, 1.82) is 0 Å². The van der Waals surface area contributed by atoms with Gasteiger partial charge in [-0.05, 0) is 52.7 Å². The Morgan fingerprint density at radius 1 is 1.00 bits per heavy atom. The third-order valence-corrected chi connectivity index (χ3v) is 2.68. The molecule has 0 saturated carbocycles. The van der Waals surface area contributed by atoms with Crippen molar-refractivity contribution in [3.8, 4) is 11.5 Å². The van der Waals surface area contributed by atoms with Gasteiger partial charge in [0.05, 0.1) is 4.47 Å². The van der Waals surface area contributed by atoms with Gasteiger partial charge in [-0.2, -0.15) is 0 Å². The van der Waals surface area contributed by atoms with E-state index in [0.29, 0.717) is 0 Å². The van der Waals surface area contributed by atoms with Crippen molar-refractivity contribution in [2.75, 3.05) is 0 Å². The predicted octanol–water partition coefficient (Wildman–Crippen LogP) is 4.55. The van der Waals surface area contributed by atoms with Crippen LogP contribution in [0.3, 0.4) is 0 Å². The zero-order valence-electron chi connectivity index (χ0n) is 8.41. The van der Waals surface area contributed by atoms with Gasteiger partial charge in [0.1, 0.15) is 11.5 Å². The average Bonchev–Trinajstić information content (AvgIpc) is 2.24. The lowest BCUT2D eigenvalue weighted by Crippen LogP contribution is -1.85. The second-order valence-electron chi connectivity index (χ2n) is 3.35. The number of benzene rings is 2. The highest BCUT2D eigenvalue weighted by Gasteiger charge is 2.01. The molecule has 1 nitrogen and oxygen atoms in total. The van der Waals surface area contributed by atoms with Gasteiger partial charge < -0.3 is 4.74 Å². The summed E-state index contributed by atoms with van der Waals surface area (Å²) in [6.07, 6.45) is 0. The van der Waals surface area contributed by atoms with Crippen LogP contribution in [0, 0.1) is 6.92 Å². The molecule has 15 heavy (non-hydrogen) atoms. The summed E-state index contributed by atoms with van der Waals surface area (Å²) in [4.78, 5) is 0. The summed E-state index contributed by atoms with van der Waals surface area (Å²) in [6, 6.07) is 15.8. The maximum Gasteiger partial charge on any atom is 0.141 e. The molecule has 0 bridgehead atoms. The minimum Gasteiger partial charge on any atom is -0.456 e. The first-order valence-electron chi connectivity index (χ1n) is 4.75. The molecule has 0 atom stereocenters. The van der Waals surface area contributed by atoms with Gasteiger partial charge in [-0.25, -0.2) is 0 Å². The molecule has 76 valence electrons. The van der Waals surface area contributed by atoms with Crippen molar-refractivity contribution < 1.29 is 4.74 Å². The van der Waals surface area contributed by atoms with Crippen molar-refractivity contribution in [3.05, 3.63) is 58.6 Å². The molecule has 0 aliphatic rings. The Kier molecular flexibility index (Phi) is 3.07. The second kappa shape index (κ2) is 4.49. The highest BCUT2D eigenvalue weighted by molar-refractivity contribution is 9.10. The molecule has 2 heteroatoms. The van der Waals surface area contributed by atoms with E-state index in [-0.39, 0.29) is 0 Å². The highest BCUT2D eigenvalue weighted by Crippen LogP contribution is 2.29. The van der Waals surface area contributed by atoms with E-state index in [0.717, 1.165) is 16.0 Å². The highest BCUT2D eigenvalue weighted by atomic mass is 79.9. The van der Waals surface area contributed by atoms with Crippen LogP contribution in [0.25, 0.3) is 0 Å². The maximum atomic E-state index is 5.72. The van der Waals surface area contributed by atoms with E-state index in [2.05, 4.69) is 22.9 Å². The SMILES string of the molecule is Cc1ccc(Oc2ccccc2)c(Br)c1. The van der Waals surface area contributed by atoms with E-state index in [9.17, 15) is 0 Å². The van der Waals surface area contributed by atoms with Gasteiger partial charge in [-0.3, -0.25) is 0 Å². The van der Waals surface area contributed by atoms with E-state index in [1.54, 1.807) is 0 Å². The molecule has 0 aliphatic heterocycles. The second-order valence-corrected chi connectivity index (χ2v) is 4.20. The van der Waals surface area contributed by atoms with Crippen LogP contribution in [0.4, 0.5) is 0 Å². The normalized spacial score (nSPS) is 10.0. The topological polar surface area (TPSA) is 9.23 Å². The predicted molar refractivity (Wildman–Crippen MR) is 65.4 cm³/mol. The molecule has 0 unspecified atom stereocenters. The molecule has 2 aromatic rings. The number of aryl methyl sites for hydroxylation is 1. The summed E-state index contributed by atoms with van der Waals surface area (Å²) in [6.45, 7) is 2.05. The molecule has 0 spiro atoms. The van der Waals surface area contributed by atoms with E-state index >= 15 is 0 Å². The summed E-state index contributed by atoms with van der Waals surface area (Å²) in [5.74, 6) is 1.69. The van der Waals surface area contributed by atoms with Gasteiger partial charge >= 0.3 is 0 Å². The summed E-state index contributed by atoms with van der Waals surface area (Å²) < 4.78 is 6.70. The van der Waals surface area contributed by atoms with Crippen molar-refractivity contribution >= 4 is 15.9 Å². The van der Waals surface area contributed by atoms with Crippen LogP contribution in [0.2, 0.25) is 0 Å². The maximum absolute atomic E-state index is 5.72. The fraction of sp³-hybridized carbons (Fsp3) is 0.0769. The summed E-state index contributed by atoms with van der Waals surface area (Å²) >= 11 is 3.48. The van der Waals surface area contributed by atoms with Gasteiger partial charge in [0.25, 0.3) is 0 Å². The van der Waals surface area contributed by atoms with Crippen LogP contribution < -0.4 is 4.74 Å². The molecule has 0 N–H and O–H groups in total. The fourth-order valence-corrected chi connectivity index (χ4v) is 1.88. The Labute approximate surface area is 97.8 Å². The number of halogens is 1. The lowest BCUT2D eigenvalue weighted by molar-refractivity contribution is 0.479. The first kappa shape index (κ1) is 10.2. The molecule has 2 rings (SSSR count). The lowest BCUT2D eigenvalue weighted by atomic mass is 10.2. The Morgan fingerprint density at radius 3 is 2.40 bits per heavy atom. The van der Waals surface area contributed by atoms with Crippen LogP contribution in [0.1, 0.15) is 5.56 Å². The van der Waals surface area contributed by atoms with Gasteiger partial charge in [0.15, 0.2) is 0 Å². The average molecular weight is 263 g/mol. The Morgan fingerprint density at radius 2 is 1.73 bits per heavy atom. The summed E-state index contributed by atoms with van der Waals surface area (Å²) in [5.41, 5.74) is 1.21. The molecule has 0 aromatic heterocycles. The molecule has 0 amide bonds. The van der Waals surface area contributed by atoms with E-state index < -0.39 is 0 Å². The fourth-order valence-electron chi connectivity index (χ4n) is 1.30. The Bertz CT molecular complexity index is 451. The number of hydrogen-bond donors (Lipinski definition) is 0. The minimum atomic E-state index is 0.840. The number of ether oxygens (including phenoxy) is 1. The molecule has 0 fully saturated rings. The number of para-hydroxylation sites is 1. The third kappa shape index (κ3) is 2.60. The molecule has 0 heterocycles. The van der Waals surface area contributed by atoms with Crippen LogP contribution >= 0.6 is 15.9 Å². The largest absolute Gasteiger partial charge is 0.456 e. The Hall–Kier alpha value is -1.28. The minimum absolute atomic E-state index is 0.840. The van der Waals surface area contributed by atoms with Crippen LogP contribution in [0.5, 0.6) is 11.5 Å². The third-order valence-electron chi connectivity index (χ3n) is 2.06. The monoisotopic (exact) mass is 262 g/mol. The standard InChI is InChI=1S/C13H11BrO/c1-10-7-8-13(12(14)9-10)15-11-5-3-2-4-6-11/h2-9H,1H3. The van der Waals surface area contributed by atoms with Gasteiger partial charge in [0, 0.05) is 0 Å². The van der Waals surface area contributed by atoms with Gasteiger partial charge in [0.2, 0.25) is 0 Å². The number of hydrogen-bond acceptors (Lipinski definition) is 1. The van der Waals surface area contributed by atoms with E-state index in [1.165, 1.54) is 5.56 Å². The van der Waals surface area contributed by atoms with Crippen LogP contribution in [-0.4, -0.2) is 0 Å². The van der Waals surface area contributed by atoms with Gasteiger partial charge in [-0.1, -0.05) is 24.3 Å². The first-order chi connectivity index (χ1) is 7.25. The van der Waals surface area contributed by atoms with E-state index in [1.807, 2.05) is 48.5 Å². The van der Waals surface area contributed by atoms with Crippen LogP contribution in [0.15, 0.2) is 53.0 Å². The Balaban J connectivity index is 2.25. The molecule has 0 radical (unpaired) electrons.